The predicted octanol–water partition coefficient (Wildman–Crippen LogP) is 2.93. The minimum absolute atomic E-state index is 0.166. The number of halogens is 1. The second-order valence-electron chi connectivity index (χ2n) is 5.03. The molecule has 21 heavy (non-hydrogen) atoms. The highest BCUT2D eigenvalue weighted by molar-refractivity contribution is 5.81. The summed E-state index contributed by atoms with van der Waals surface area (Å²) in [4.78, 5) is 8.64. The summed E-state index contributed by atoms with van der Waals surface area (Å²) in [6.45, 7) is 1.33. The van der Waals surface area contributed by atoms with Gasteiger partial charge in [-0.3, -0.25) is 0 Å². The van der Waals surface area contributed by atoms with Crippen LogP contribution in [0.3, 0.4) is 0 Å². The van der Waals surface area contributed by atoms with Crippen LogP contribution in [0.1, 0.15) is 18.2 Å². The van der Waals surface area contributed by atoms with Crippen molar-refractivity contribution < 1.29 is 13.7 Å². The van der Waals surface area contributed by atoms with Crippen LogP contribution in [0.15, 0.2) is 34.9 Å². The van der Waals surface area contributed by atoms with Gasteiger partial charge in [-0.05, 0) is 18.6 Å². The zero-order valence-corrected chi connectivity index (χ0v) is 11.1. The summed E-state index contributed by atoms with van der Waals surface area (Å²) >= 11 is 0. The summed E-state index contributed by atoms with van der Waals surface area (Å²) in [5.41, 5.74) is 0.782. The van der Waals surface area contributed by atoms with E-state index >= 15 is 0 Å². The van der Waals surface area contributed by atoms with Crippen LogP contribution < -0.4 is 0 Å². The van der Waals surface area contributed by atoms with Crippen molar-refractivity contribution in [1.29, 1.82) is 0 Å². The second kappa shape index (κ2) is 4.89. The molecule has 0 amide bonds. The van der Waals surface area contributed by atoms with Gasteiger partial charge in [-0.2, -0.15) is 4.98 Å². The van der Waals surface area contributed by atoms with Gasteiger partial charge in [0.25, 0.3) is 5.89 Å². The van der Waals surface area contributed by atoms with Gasteiger partial charge >= 0.3 is 0 Å². The molecule has 0 saturated carbocycles. The van der Waals surface area contributed by atoms with Gasteiger partial charge in [-0.1, -0.05) is 23.4 Å². The third-order valence-electron chi connectivity index (χ3n) is 3.63. The first-order chi connectivity index (χ1) is 10.3. The van der Waals surface area contributed by atoms with Crippen molar-refractivity contribution in [1.82, 2.24) is 15.1 Å². The summed E-state index contributed by atoms with van der Waals surface area (Å²) in [6.07, 6.45) is 0.888. The minimum atomic E-state index is -0.363. The molecule has 1 aliphatic heterocycles. The Hall–Kier alpha value is -2.34. The Bertz CT molecular complexity index is 796. The van der Waals surface area contributed by atoms with Crippen molar-refractivity contribution in [3.8, 4) is 11.6 Å². The Morgan fingerprint density at radius 2 is 2.10 bits per heavy atom. The number of benzene rings is 1. The third kappa shape index (κ3) is 2.17. The van der Waals surface area contributed by atoms with Crippen LogP contribution in [-0.4, -0.2) is 28.3 Å². The van der Waals surface area contributed by atoms with Crippen LogP contribution in [0, 0.1) is 5.82 Å². The molecule has 2 aromatic heterocycles. The zero-order valence-electron chi connectivity index (χ0n) is 11.1. The number of hydrogen-bond acceptors (Lipinski definition) is 5. The molecule has 1 atom stereocenters. The summed E-state index contributed by atoms with van der Waals surface area (Å²) in [7, 11) is 0. The Morgan fingerprint density at radius 1 is 1.14 bits per heavy atom. The highest BCUT2D eigenvalue weighted by Crippen LogP contribution is 2.26. The Kier molecular flexibility index (Phi) is 2.89. The number of pyridine rings is 1. The lowest BCUT2D eigenvalue weighted by molar-refractivity contribution is 0.192. The maximum Gasteiger partial charge on any atom is 0.276 e. The first-order valence-electron chi connectivity index (χ1n) is 6.78. The first kappa shape index (κ1) is 12.4. The number of rotatable bonds is 2. The van der Waals surface area contributed by atoms with E-state index in [4.69, 9.17) is 9.26 Å². The largest absolute Gasteiger partial charge is 0.381 e. The van der Waals surface area contributed by atoms with Crippen LogP contribution in [0.4, 0.5) is 4.39 Å². The molecule has 4 rings (SSSR count). The molecule has 0 bridgehead atoms. The molecule has 5 nitrogen and oxygen atoms in total. The van der Waals surface area contributed by atoms with E-state index in [0.29, 0.717) is 36.1 Å². The molecule has 0 aliphatic carbocycles. The maximum atomic E-state index is 13.8. The monoisotopic (exact) mass is 285 g/mol. The third-order valence-corrected chi connectivity index (χ3v) is 3.63. The van der Waals surface area contributed by atoms with Crippen molar-refractivity contribution >= 4 is 10.9 Å². The van der Waals surface area contributed by atoms with Crippen molar-refractivity contribution in [2.24, 2.45) is 0 Å². The highest BCUT2D eigenvalue weighted by atomic mass is 19.1. The molecule has 3 heterocycles. The standard InChI is InChI=1S/C15H12FN3O2/c16-11-3-1-2-9-4-5-12(17-13(9)11)15-18-14(19-21-15)10-6-7-20-8-10/h1-5,10H,6-8H2. The molecule has 1 aliphatic rings. The van der Waals surface area contributed by atoms with Gasteiger partial charge in [-0.15, -0.1) is 0 Å². The van der Waals surface area contributed by atoms with E-state index in [1.807, 2.05) is 6.07 Å². The van der Waals surface area contributed by atoms with Gasteiger partial charge in [0.2, 0.25) is 0 Å². The Morgan fingerprint density at radius 3 is 2.95 bits per heavy atom. The van der Waals surface area contributed by atoms with E-state index < -0.39 is 0 Å². The molecule has 3 aromatic rings. The van der Waals surface area contributed by atoms with Crippen LogP contribution in [0.25, 0.3) is 22.5 Å². The molecule has 106 valence electrons. The van der Waals surface area contributed by atoms with Crippen LogP contribution in [0.5, 0.6) is 0 Å². The van der Waals surface area contributed by atoms with E-state index in [-0.39, 0.29) is 11.7 Å². The number of hydrogen-bond donors (Lipinski definition) is 0. The smallest absolute Gasteiger partial charge is 0.276 e. The number of ether oxygens (including phenoxy) is 1. The topological polar surface area (TPSA) is 61.0 Å². The molecule has 0 spiro atoms. The van der Waals surface area contributed by atoms with Gasteiger partial charge in [0.15, 0.2) is 5.82 Å². The lowest BCUT2D eigenvalue weighted by atomic mass is 10.1. The molecular weight excluding hydrogens is 273 g/mol. The van der Waals surface area contributed by atoms with Gasteiger partial charge in [0.1, 0.15) is 17.0 Å². The van der Waals surface area contributed by atoms with E-state index in [9.17, 15) is 4.39 Å². The van der Waals surface area contributed by atoms with Crippen LogP contribution >= 0.6 is 0 Å². The number of aromatic nitrogens is 3. The fourth-order valence-corrected chi connectivity index (χ4v) is 2.47. The minimum Gasteiger partial charge on any atom is -0.381 e. The summed E-state index contributed by atoms with van der Waals surface area (Å²) in [5.74, 6) is 0.734. The number of para-hydroxylation sites is 1. The predicted molar refractivity (Wildman–Crippen MR) is 73.2 cm³/mol. The molecule has 1 saturated heterocycles. The lowest BCUT2D eigenvalue weighted by Gasteiger charge is -2.00. The van der Waals surface area contributed by atoms with E-state index in [1.54, 1.807) is 18.2 Å². The molecule has 0 N–H and O–H groups in total. The van der Waals surface area contributed by atoms with Crippen LogP contribution in [-0.2, 0) is 4.74 Å². The Labute approximate surface area is 119 Å². The quantitative estimate of drug-likeness (QED) is 0.724. The van der Waals surface area contributed by atoms with Crippen molar-refractivity contribution in [3.63, 3.8) is 0 Å². The van der Waals surface area contributed by atoms with E-state index in [0.717, 1.165) is 11.8 Å². The number of nitrogens with zero attached hydrogens (tertiary/aromatic N) is 3. The van der Waals surface area contributed by atoms with Gasteiger partial charge < -0.3 is 9.26 Å². The molecular formula is C15H12FN3O2. The van der Waals surface area contributed by atoms with Gasteiger partial charge in [-0.25, -0.2) is 9.37 Å². The SMILES string of the molecule is Fc1cccc2ccc(-c3nc(C4CCOC4)no3)nc12. The molecule has 1 aromatic carbocycles. The van der Waals surface area contributed by atoms with Crippen molar-refractivity contribution in [2.75, 3.05) is 13.2 Å². The first-order valence-corrected chi connectivity index (χ1v) is 6.78. The lowest BCUT2D eigenvalue weighted by Crippen LogP contribution is -1.99. The molecule has 1 unspecified atom stereocenters. The fourth-order valence-electron chi connectivity index (χ4n) is 2.47. The van der Waals surface area contributed by atoms with Crippen molar-refractivity contribution in [2.45, 2.75) is 12.3 Å². The molecule has 6 heteroatoms. The summed E-state index contributed by atoms with van der Waals surface area (Å²) in [5, 5.41) is 4.72. The maximum absolute atomic E-state index is 13.8. The van der Waals surface area contributed by atoms with E-state index in [1.165, 1.54) is 6.07 Å². The number of fused-ring (bicyclic) bond motifs is 1. The fraction of sp³-hybridized carbons (Fsp3) is 0.267. The average molecular weight is 285 g/mol. The second-order valence-corrected chi connectivity index (χ2v) is 5.03. The summed E-state index contributed by atoms with van der Waals surface area (Å²) in [6, 6.07) is 8.40. The molecule has 0 radical (unpaired) electrons. The normalized spacial score (nSPS) is 18.4. The van der Waals surface area contributed by atoms with E-state index in [2.05, 4.69) is 15.1 Å². The van der Waals surface area contributed by atoms with Crippen molar-refractivity contribution in [3.05, 3.63) is 42.0 Å². The Balaban J connectivity index is 1.74. The van der Waals surface area contributed by atoms with Gasteiger partial charge in [0, 0.05) is 17.9 Å². The highest BCUT2D eigenvalue weighted by Gasteiger charge is 2.23. The van der Waals surface area contributed by atoms with Crippen LogP contribution in [0.2, 0.25) is 0 Å². The average Bonchev–Trinajstić information content (AvgIpc) is 3.18. The molecule has 1 fully saturated rings. The zero-order chi connectivity index (χ0) is 14.2. The summed E-state index contributed by atoms with van der Waals surface area (Å²) < 4.78 is 24.4. The van der Waals surface area contributed by atoms with Gasteiger partial charge in [0.05, 0.1) is 6.61 Å².